The van der Waals surface area contributed by atoms with E-state index < -0.39 is 24.1 Å². The number of hydrogen-bond donors (Lipinski definition) is 5. The zero-order chi connectivity index (χ0) is 23.9. The van der Waals surface area contributed by atoms with Crippen LogP contribution in [0.4, 0.5) is 4.79 Å². The minimum Gasteiger partial charge on any atom is -0.480 e. The van der Waals surface area contributed by atoms with Gasteiger partial charge in [0.05, 0.1) is 0 Å². The molecule has 0 bridgehead atoms. The molecule has 0 unspecified atom stereocenters. The highest BCUT2D eigenvalue weighted by molar-refractivity contribution is 5.88. The molecule has 8 nitrogen and oxygen atoms in total. The van der Waals surface area contributed by atoms with Crippen LogP contribution in [0.1, 0.15) is 69.8 Å². The maximum absolute atomic E-state index is 12.9. The summed E-state index contributed by atoms with van der Waals surface area (Å²) >= 11 is 0. The fraction of sp³-hybridized carbons (Fsp3) is 0.640. The third-order valence-corrected chi connectivity index (χ3v) is 6.25. The van der Waals surface area contributed by atoms with E-state index in [1.807, 2.05) is 18.2 Å². The summed E-state index contributed by atoms with van der Waals surface area (Å²) in [7, 11) is 0. The molecule has 1 fully saturated rings. The van der Waals surface area contributed by atoms with Crippen molar-refractivity contribution in [1.82, 2.24) is 16.0 Å². The molecule has 1 aliphatic rings. The monoisotopic (exact) mass is 460 g/mol. The number of carboxylic acid groups (broad SMARTS) is 1. The van der Waals surface area contributed by atoms with Crippen molar-refractivity contribution in [3.63, 3.8) is 0 Å². The van der Waals surface area contributed by atoms with Gasteiger partial charge >= 0.3 is 12.0 Å². The number of aliphatic carboxylic acids is 1. The summed E-state index contributed by atoms with van der Waals surface area (Å²) in [6, 6.07) is 7.80. The van der Waals surface area contributed by atoms with Gasteiger partial charge in [-0.3, -0.25) is 4.79 Å². The highest BCUT2D eigenvalue weighted by atomic mass is 16.4. The van der Waals surface area contributed by atoms with Crippen molar-refractivity contribution < 1.29 is 19.5 Å². The molecule has 8 heteroatoms. The number of urea groups is 1. The number of carbonyl (C=O) groups is 3. The number of aryl methyl sites for hydroxylation is 1. The second-order valence-corrected chi connectivity index (χ2v) is 8.97. The lowest BCUT2D eigenvalue weighted by Crippen LogP contribution is -2.54. The third-order valence-electron chi connectivity index (χ3n) is 6.25. The first-order chi connectivity index (χ1) is 16.0. The first kappa shape index (κ1) is 26.6. The zero-order valence-corrected chi connectivity index (χ0v) is 19.6. The van der Waals surface area contributed by atoms with Crippen LogP contribution >= 0.6 is 0 Å². The minimum atomic E-state index is -1.09. The van der Waals surface area contributed by atoms with E-state index in [0.29, 0.717) is 44.7 Å². The summed E-state index contributed by atoms with van der Waals surface area (Å²) in [4.78, 5) is 37.0. The molecule has 1 aromatic carbocycles. The van der Waals surface area contributed by atoms with Crippen LogP contribution in [0.3, 0.4) is 0 Å². The number of benzene rings is 1. The van der Waals surface area contributed by atoms with Crippen molar-refractivity contribution in [3.8, 4) is 0 Å². The maximum atomic E-state index is 12.9. The fourth-order valence-corrected chi connectivity index (χ4v) is 4.37. The molecule has 2 rings (SSSR count). The summed E-state index contributed by atoms with van der Waals surface area (Å²) in [6.45, 7) is 1.00. The van der Waals surface area contributed by atoms with E-state index >= 15 is 0 Å². The Morgan fingerprint density at radius 1 is 0.970 bits per heavy atom. The molecular formula is C25H40N4O4. The van der Waals surface area contributed by atoms with E-state index in [1.165, 1.54) is 12.0 Å². The quantitative estimate of drug-likeness (QED) is 0.272. The Hall–Kier alpha value is -2.61. The SMILES string of the molecule is NCCCC[C@H](NC(=O)N[C@H](CC1CCCCC1)C(=O)NCCCc1ccccc1)C(=O)O. The molecule has 0 spiro atoms. The lowest BCUT2D eigenvalue weighted by atomic mass is 9.84. The van der Waals surface area contributed by atoms with Crippen molar-refractivity contribution in [2.24, 2.45) is 11.7 Å². The van der Waals surface area contributed by atoms with E-state index in [2.05, 4.69) is 28.1 Å². The van der Waals surface area contributed by atoms with Gasteiger partial charge in [-0.05, 0) is 56.6 Å². The van der Waals surface area contributed by atoms with Gasteiger partial charge in [-0.25, -0.2) is 9.59 Å². The van der Waals surface area contributed by atoms with E-state index in [0.717, 1.165) is 38.5 Å². The molecule has 0 saturated heterocycles. The molecule has 1 aromatic rings. The number of carbonyl (C=O) groups excluding carboxylic acids is 2. The smallest absolute Gasteiger partial charge is 0.326 e. The topological polar surface area (TPSA) is 134 Å². The van der Waals surface area contributed by atoms with Crippen LogP contribution in [0.5, 0.6) is 0 Å². The molecule has 1 saturated carbocycles. The standard InChI is InChI=1S/C25H40N4O4/c26-16-8-7-15-21(24(31)32)28-25(33)29-22(18-20-12-5-2-6-13-20)23(30)27-17-9-14-19-10-3-1-4-11-19/h1,3-4,10-11,20-22H,2,5-9,12-18,26H2,(H,27,30)(H,31,32)(H2,28,29,33)/t21-,22+/m0/s1. The summed E-state index contributed by atoms with van der Waals surface area (Å²) in [5, 5.41) is 17.6. The van der Waals surface area contributed by atoms with Gasteiger partial charge in [-0.2, -0.15) is 0 Å². The van der Waals surface area contributed by atoms with Crippen LogP contribution in [-0.4, -0.2) is 48.2 Å². The Morgan fingerprint density at radius 2 is 1.67 bits per heavy atom. The summed E-state index contributed by atoms with van der Waals surface area (Å²) in [5.74, 6) is -0.908. The molecule has 0 heterocycles. The number of hydrogen-bond acceptors (Lipinski definition) is 4. The van der Waals surface area contributed by atoms with Gasteiger partial charge in [-0.1, -0.05) is 62.4 Å². The molecule has 6 N–H and O–H groups in total. The van der Waals surface area contributed by atoms with Gasteiger partial charge in [0.1, 0.15) is 12.1 Å². The minimum absolute atomic E-state index is 0.209. The number of rotatable bonds is 14. The predicted octanol–water partition coefficient (Wildman–Crippen LogP) is 2.96. The Bertz CT molecular complexity index is 722. The molecule has 0 aliphatic heterocycles. The second kappa shape index (κ2) is 15.3. The molecule has 184 valence electrons. The van der Waals surface area contributed by atoms with Gasteiger partial charge in [0.25, 0.3) is 0 Å². The number of nitrogens with two attached hydrogens (primary N) is 1. The van der Waals surface area contributed by atoms with Crippen molar-refractivity contribution in [2.45, 2.75) is 82.7 Å². The Morgan fingerprint density at radius 3 is 2.33 bits per heavy atom. The molecular weight excluding hydrogens is 420 g/mol. The normalized spacial score (nSPS) is 15.9. The number of amides is 3. The average Bonchev–Trinajstić information content (AvgIpc) is 2.82. The van der Waals surface area contributed by atoms with Gasteiger partial charge in [0, 0.05) is 6.54 Å². The summed E-state index contributed by atoms with van der Waals surface area (Å²) in [6.07, 6.45) is 9.46. The molecule has 33 heavy (non-hydrogen) atoms. The molecule has 0 aromatic heterocycles. The maximum Gasteiger partial charge on any atom is 0.326 e. The Kier molecular flexibility index (Phi) is 12.3. The second-order valence-electron chi connectivity index (χ2n) is 8.97. The molecule has 0 radical (unpaired) electrons. The van der Waals surface area contributed by atoms with Crippen molar-refractivity contribution in [3.05, 3.63) is 35.9 Å². The molecule has 3 amide bonds. The van der Waals surface area contributed by atoms with Gasteiger partial charge < -0.3 is 26.8 Å². The van der Waals surface area contributed by atoms with Crippen LogP contribution in [-0.2, 0) is 16.0 Å². The predicted molar refractivity (Wildman–Crippen MR) is 129 cm³/mol. The van der Waals surface area contributed by atoms with Crippen LogP contribution in [0.2, 0.25) is 0 Å². The average molecular weight is 461 g/mol. The van der Waals surface area contributed by atoms with Gasteiger partial charge in [-0.15, -0.1) is 0 Å². The van der Waals surface area contributed by atoms with Crippen LogP contribution in [0, 0.1) is 5.92 Å². The number of nitrogens with one attached hydrogen (secondary N) is 3. The summed E-state index contributed by atoms with van der Waals surface area (Å²) in [5.41, 5.74) is 6.69. The van der Waals surface area contributed by atoms with Crippen LogP contribution in [0.25, 0.3) is 0 Å². The van der Waals surface area contributed by atoms with E-state index in [-0.39, 0.29) is 5.91 Å². The first-order valence-electron chi connectivity index (χ1n) is 12.3. The third kappa shape index (κ3) is 10.7. The van der Waals surface area contributed by atoms with Gasteiger partial charge in [0.2, 0.25) is 5.91 Å². The Balaban J connectivity index is 1.88. The highest BCUT2D eigenvalue weighted by Crippen LogP contribution is 2.27. The zero-order valence-electron chi connectivity index (χ0n) is 19.6. The summed E-state index contributed by atoms with van der Waals surface area (Å²) < 4.78 is 0. The first-order valence-corrected chi connectivity index (χ1v) is 12.3. The lowest BCUT2D eigenvalue weighted by Gasteiger charge is -2.27. The van der Waals surface area contributed by atoms with E-state index in [9.17, 15) is 19.5 Å². The highest BCUT2D eigenvalue weighted by Gasteiger charge is 2.27. The van der Waals surface area contributed by atoms with Crippen LogP contribution < -0.4 is 21.7 Å². The van der Waals surface area contributed by atoms with Crippen LogP contribution in [0.15, 0.2) is 30.3 Å². The lowest BCUT2D eigenvalue weighted by molar-refractivity contribution is -0.139. The fourth-order valence-electron chi connectivity index (χ4n) is 4.37. The van der Waals surface area contributed by atoms with E-state index in [4.69, 9.17) is 5.73 Å². The van der Waals surface area contributed by atoms with E-state index in [1.54, 1.807) is 0 Å². The number of unbranched alkanes of at least 4 members (excludes halogenated alkanes) is 1. The van der Waals surface area contributed by atoms with Crippen molar-refractivity contribution in [2.75, 3.05) is 13.1 Å². The largest absolute Gasteiger partial charge is 0.480 e. The number of carboxylic acids is 1. The van der Waals surface area contributed by atoms with Gasteiger partial charge in [0.15, 0.2) is 0 Å². The molecule has 1 aliphatic carbocycles. The Labute approximate surface area is 197 Å². The van der Waals surface area contributed by atoms with Crippen molar-refractivity contribution in [1.29, 1.82) is 0 Å². The molecule has 2 atom stereocenters. The van der Waals surface area contributed by atoms with Crippen molar-refractivity contribution >= 4 is 17.9 Å².